The van der Waals surface area contributed by atoms with Crippen molar-refractivity contribution >= 4 is 5.97 Å². The number of ether oxygens (including phenoxy) is 1. The number of carbonyl (C=O) groups is 1. The number of aryl methyl sites for hydroxylation is 2. The zero-order valence-electron chi connectivity index (χ0n) is 16.5. The van der Waals surface area contributed by atoms with Gasteiger partial charge in [0.05, 0.1) is 0 Å². The summed E-state index contributed by atoms with van der Waals surface area (Å²) in [7, 11) is 0. The maximum absolute atomic E-state index is 11.8. The van der Waals surface area contributed by atoms with Crippen molar-refractivity contribution in [2.45, 2.75) is 31.5 Å². The van der Waals surface area contributed by atoms with Crippen LogP contribution >= 0.6 is 0 Å². The molecule has 0 amide bonds. The first-order chi connectivity index (χ1) is 14.0. The van der Waals surface area contributed by atoms with E-state index in [4.69, 9.17) is 4.74 Å². The molecule has 1 unspecified atom stereocenters. The van der Waals surface area contributed by atoms with Crippen LogP contribution in [-0.4, -0.2) is 28.9 Å². The van der Waals surface area contributed by atoms with Crippen LogP contribution in [0.4, 0.5) is 0 Å². The summed E-state index contributed by atoms with van der Waals surface area (Å²) in [5, 5.41) is 20.4. The molecule has 4 heteroatoms. The zero-order valence-corrected chi connectivity index (χ0v) is 16.5. The van der Waals surface area contributed by atoms with Crippen molar-refractivity contribution in [2.24, 2.45) is 0 Å². The van der Waals surface area contributed by atoms with E-state index in [1.165, 1.54) is 11.1 Å². The second-order valence-corrected chi connectivity index (χ2v) is 7.15. The third-order valence-corrected chi connectivity index (χ3v) is 5.08. The molecule has 0 fully saturated rings. The lowest BCUT2D eigenvalue weighted by molar-refractivity contribution is -0.167. The van der Waals surface area contributed by atoms with Crippen molar-refractivity contribution < 1.29 is 19.7 Å². The molecule has 2 N–H and O–H groups in total. The fourth-order valence-corrected chi connectivity index (χ4v) is 3.54. The van der Waals surface area contributed by atoms with Gasteiger partial charge in [0.2, 0.25) is 0 Å². The minimum atomic E-state index is -1.74. The van der Waals surface area contributed by atoms with Crippen LogP contribution in [0.25, 0.3) is 0 Å². The Balaban J connectivity index is 1.89. The summed E-state index contributed by atoms with van der Waals surface area (Å²) in [6, 6.07) is 26.4. The summed E-state index contributed by atoms with van der Waals surface area (Å²) < 4.78 is 6.24. The zero-order chi connectivity index (χ0) is 20.7. The molecule has 0 bridgehead atoms. The van der Waals surface area contributed by atoms with E-state index in [0.717, 1.165) is 6.42 Å². The normalized spacial score (nSPS) is 12.5. The Morgan fingerprint density at radius 3 is 1.90 bits per heavy atom. The number of benzene rings is 3. The average Bonchev–Trinajstić information content (AvgIpc) is 2.76. The smallest absolute Gasteiger partial charge is 0.336 e. The summed E-state index contributed by atoms with van der Waals surface area (Å²) in [5.74, 6) is -1.32. The summed E-state index contributed by atoms with van der Waals surface area (Å²) in [6.45, 7) is 2.36. The van der Waals surface area contributed by atoms with Gasteiger partial charge in [-0.3, -0.25) is 0 Å². The molecule has 0 aliphatic heterocycles. The molecule has 150 valence electrons. The Labute approximate surface area is 171 Å². The molecule has 0 heterocycles. The van der Waals surface area contributed by atoms with Crippen molar-refractivity contribution in [1.82, 2.24) is 0 Å². The van der Waals surface area contributed by atoms with Crippen LogP contribution in [0, 0.1) is 6.92 Å². The van der Waals surface area contributed by atoms with Gasteiger partial charge in [-0.25, -0.2) is 4.79 Å². The fourth-order valence-electron chi connectivity index (χ4n) is 3.54. The molecule has 0 spiro atoms. The van der Waals surface area contributed by atoms with Gasteiger partial charge in [-0.15, -0.1) is 0 Å². The van der Waals surface area contributed by atoms with E-state index in [1.807, 2.05) is 43.3 Å². The van der Waals surface area contributed by atoms with Gasteiger partial charge in [0, 0.05) is 6.61 Å². The SMILES string of the molecule is Cc1ccc(CCCOC(c2ccccc2)(c2ccccc2)C(O)C(=O)O)cc1. The molecule has 0 aliphatic rings. The van der Waals surface area contributed by atoms with Gasteiger partial charge in [-0.2, -0.15) is 0 Å². The lowest BCUT2D eigenvalue weighted by atomic mass is 9.81. The molecular weight excluding hydrogens is 364 g/mol. The topological polar surface area (TPSA) is 66.8 Å². The van der Waals surface area contributed by atoms with Gasteiger partial charge in [0.15, 0.2) is 11.7 Å². The first kappa shape index (κ1) is 20.8. The van der Waals surface area contributed by atoms with Crippen LogP contribution in [0.2, 0.25) is 0 Å². The Bertz CT molecular complexity index is 865. The van der Waals surface area contributed by atoms with Crippen LogP contribution in [-0.2, 0) is 21.6 Å². The first-order valence-corrected chi connectivity index (χ1v) is 9.75. The van der Waals surface area contributed by atoms with Crippen molar-refractivity contribution in [3.05, 3.63) is 107 Å². The average molecular weight is 390 g/mol. The Morgan fingerprint density at radius 2 is 1.41 bits per heavy atom. The van der Waals surface area contributed by atoms with Crippen LogP contribution in [0.3, 0.4) is 0 Å². The molecule has 0 radical (unpaired) electrons. The number of aliphatic hydroxyl groups excluding tert-OH is 1. The van der Waals surface area contributed by atoms with Gasteiger partial charge in [0.1, 0.15) is 0 Å². The molecular formula is C25H26O4. The quantitative estimate of drug-likeness (QED) is 0.534. The predicted octanol–water partition coefficient (Wildman–Crippen LogP) is 4.33. The highest BCUT2D eigenvalue weighted by atomic mass is 16.5. The number of carboxylic acid groups (broad SMARTS) is 1. The standard InChI is InChI=1S/C25H26O4/c1-19-14-16-20(17-15-19)9-8-18-29-25(23(26)24(27)28,21-10-4-2-5-11-21)22-12-6-3-7-13-22/h2-7,10-17,23,26H,8-9,18H2,1H3,(H,27,28). The van der Waals surface area contributed by atoms with E-state index in [1.54, 1.807) is 24.3 Å². The summed E-state index contributed by atoms with van der Waals surface area (Å²) in [6.07, 6.45) is -0.230. The minimum Gasteiger partial charge on any atom is -0.479 e. The molecule has 0 aliphatic carbocycles. The fraction of sp³-hybridized carbons (Fsp3) is 0.240. The largest absolute Gasteiger partial charge is 0.479 e. The predicted molar refractivity (Wildman–Crippen MR) is 113 cm³/mol. The monoisotopic (exact) mass is 390 g/mol. The van der Waals surface area contributed by atoms with Gasteiger partial charge in [0.25, 0.3) is 0 Å². The maximum atomic E-state index is 11.8. The van der Waals surface area contributed by atoms with Crippen LogP contribution in [0.5, 0.6) is 0 Å². The lowest BCUT2D eigenvalue weighted by Gasteiger charge is -2.37. The number of hydrogen-bond acceptors (Lipinski definition) is 3. The summed E-state index contributed by atoms with van der Waals surface area (Å²) >= 11 is 0. The Kier molecular flexibility index (Phi) is 6.81. The van der Waals surface area contributed by atoms with Gasteiger partial charge >= 0.3 is 5.97 Å². The highest BCUT2D eigenvalue weighted by Gasteiger charge is 2.46. The lowest BCUT2D eigenvalue weighted by Crippen LogP contribution is -2.48. The number of aliphatic hydroxyl groups is 1. The van der Waals surface area contributed by atoms with Crippen molar-refractivity contribution in [3.8, 4) is 0 Å². The molecule has 3 aromatic rings. The van der Waals surface area contributed by atoms with Crippen LogP contribution in [0.1, 0.15) is 28.7 Å². The highest BCUT2D eigenvalue weighted by molar-refractivity contribution is 5.75. The van der Waals surface area contributed by atoms with E-state index in [0.29, 0.717) is 24.2 Å². The molecule has 0 aromatic heterocycles. The Morgan fingerprint density at radius 1 is 0.897 bits per heavy atom. The van der Waals surface area contributed by atoms with Crippen LogP contribution < -0.4 is 0 Å². The van der Waals surface area contributed by atoms with Crippen molar-refractivity contribution in [2.75, 3.05) is 6.61 Å². The second-order valence-electron chi connectivity index (χ2n) is 7.15. The molecule has 0 saturated carbocycles. The number of hydrogen-bond donors (Lipinski definition) is 2. The number of aliphatic carboxylic acids is 1. The number of carboxylic acids is 1. The minimum absolute atomic E-state index is 0.308. The molecule has 3 rings (SSSR count). The van der Waals surface area contributed by atoms with E-state index in [9.17, 15) is 15.0 Å². The highest BCUT2D eigenvalue weighted by Crippen LogP contribution is 2.37. The molecule has 1 atom stereocenters. The molecule has 0 saturated heterocycles. The molecule has 3 aromatic carbocycles. The third kappa shape index (κ3) is 4.73. The van der Waals surface area contributed by atoms with Crippen LogP contribution in [0.15, 0.2) is 84.9 Å². The Hall–Kier alpha value is -2.95. The van der Waals surface area contributed by atoms with E-state index >= 15 is 0 Å². The second kappa shape index (κ2) is 9.50. The van der Waals surface area contributed by atoms with Gasteiger partial charge in [-0.1, -0.05) is 90.5 Å². The molecule has 4 nitrogen and oxygen atoms in total. The molecule has 29 heavy (non-hydrogen) atoms. The van der Waals surface area contributed by atoms with Crippen molar-refractivity contribution in [1.29, 1.82) is 0 Å². The first-order valence-electron chi connectivity index (χ1n) is 9.75. The maximum Gasteiger partial charge on any atom is 0.336 e. The summed E-state index contributed by atoms with van der Waals surface area (Å²) in [4.78, 5) is 11.8. The van der Waals surface area contributed by atoms with Gasteiger partial charge < -0.3 is 14.9 Å². The van der Waals surface area contributed by atoms with Crippen molar-refractivity contribution in [3.63, 3.8) is 0 Å². The van der Waals surface area contributed by atoms with E-state index in [-0.39, 0.29) is 0 Å². The van der Waals surface area contributed by atoms with E-state index < -0.39 is 17.7 Å². The number of rotatable bonds is 9. The van der Waals surface area contributed by atoms with Gasteiger partial charge in [-0.05, 0) is 36.5 Å². The summed E-state index contributed by atoms with van der Waals surface area (Å²) in [5.41, 5.74) is 2.14. The van der Waals surface area contributed by atoms with E-state index in [2.05, 4.69) is 24.3 Å². The third-order valence-electron chi connectivity index (χ3n) is 5.08.